The smallest absolute Gasteiger partial charge is 0.198 e. The zero-order valence-electron chi connectivity index (χ0n) is 12.2. The van der Waals surface area contributed by atoms with E-state index in [-0.39, 0.29) is 5.78 Å². The van der Waals surface area contributed by atoms with E-state index in [0.29, 0.717) is 22.3 Å². The van der Waals surface area contributed by atoms with Crippen LogP contribution in [0.1, 0.15) is 43.0 Å². The average Bonchev–Trinajstić information content (AvgIpc) is 2.47. The number of rotatable bonds is 4. The molecule has 0 N–H and O–H groups in total. The van der Waals surface area contributed by atoms with Crippen molar-refractivity contribution in [2.24, 2.45) is 5.92 Å². The predicted molar refractivity (Wildman–Crippen MR) is 79.7 cm³/mol. The SMILES string of the molecule is COc1ccc(Cl)cc1C(=O)C1(OC)CCC(C)CC1. The quantitative estimate of drug-likeness (QED) is 0.784. The Morgan fingerprint density at radius 3 is 2.50 bits per heavy atom. The minimum Gasteiger partial charge on any atom is -0.496 e. The van der Waals surface area contributed by atoms with E-state index in [1.54, 1.807) is 32.4 Å². The summed E-state index contributed by atoms with van der Waals surface area (Å²) >= 11 is 6.02. The predicted octanol–water partition coefficient (Wildman–Crippen LogP) is 4.13. The van der Waals surface area contributed by atoms with Gasteiger partial charge >= 0.3 is 0 Å². The van der Waals surface area contributed by atoms with Gasteiger partial charge < -0.3 is 9.47 Å². The minimum atomic E-state index is -0.732. The van der Waals surface area contributed by atoms with Crippen molar-refractivity contribution < 1.29 is 14.3 Å². The Morgan fingerprint density at radius 2 is 1.95 bits per heavy atom. The molecule has 1 aliphatic carbocycles. The second-order valence-corrected chi connectivity index (χ2v) is 5.99. The van der Waals surface area contributed by atoms with Crippen LogP contribution in [-0.4, -0.2) is 25.6 Å². The van der Waals surface area contributed by atoms with E-state index in [2.05, 4.69) is 6.92 Å². The summed E-state index contributed by atoms with van der Waals surface area (Å²) in [4.78, 5) is 12.9. The van der Waals surface area contributed by atoms with Gasteiger partial charge in [-0.05, 0) is 49.8 Å². The Hall–Kier alpha value is -1.06. The van der Waals surface area contributed by atoms with E-state index in [9.17, 15) is 4.79 Å². The van der Waals surface area contributed by atoms with E-state index >= 15 is 0 Å². The van der Waals surface area contributed by atoms with Crippen molar-refractivity contribution in [1.29, 1.82) is 0 Å². The number of hydrogen-bond acceptors (Lipinski definition) is 3. The van der Waals surface area contributed by atoms with Crippen molar-refractivity contribution >= 4 is 17.4 Å². The lowest BCUT2D eigenvalue weighted by molar-refractivity contribution is -0.0264. The van der Waals surface area contributed by atoms with Gasteiger partial charge in [-0.3, -0.25) is 4.79 Å². The molecule has 20 heavy (non-hydrogen) atoms. The molecule has 0 spiro atoms. The standard InChI is InChI=1S/C16H21ClO3/c1-11-6-8-16(20-3,9-7-11)15(18)13-10-12(17)4-5-14(13)19-2/h4-5,10-11H,6-9H2,1-3H3. The zero-order valence-corrected chi connectivity index (χ0v) is 13.0. The first-order chi connectivity index (χ1) is 9.52. The third kappa shape index (κ3) is 2.84. The Balaban J connectivity index is 2.36. The lowest BCUT2D eigenvalue weighted by Gasteiger charge is -2.37. The van der Waals surface area contributed by atoms with Gasteiger partial charge in [-0.25, -0.2) is 0 Å². The van der Waals surface area contributed by atoms with E-state index in [1.807, 2.05) is 0 Å². The number of ether oxygens (including phenoxy) is 2. The second-order valence-electron chi connectivity index (χ2n) is 5.55. The van der Waals surface area contributed by atoms with Gasteiger partial charge in [-0.1, -0.05) is 18.5 Å². The zero-order chi connectivity index (χ0) is 14.8. The summed E-state index contributed by atoms with van der Waals surface area (Å²) in [6.07, 6.45) is 3.50. The highest BCUT2D eigenvalue weighted by atomic mass is 35.5. The molecule has 0 bridgehead atoms. The van der Waals surface area contributed by atoms with Crippen LogP contribution in [-0.2, 0) is 4.74 Å². The molecule has 1 fully saturated rings. The molecule has 4 heteroatoms. The number of benzene rings is 1. The molecule has 0 aliphatic heterocycles. The molecule has 110 valence electrons. The fraction of sp³-hybridized carbons (Fsp3) is 0.562. The fourth-order valence-corrected chi connectivity index (χ4v) is 3.03. The molecule has 1 aliphatic rings. The Kier molecular flexibility index (Phi) is 4.71. The van der Waals surface area contributed by atoms with Crippen LogP contribution in [0.15, 0.2) is 18.2 Å². The van der Waals surface area contributed by atoms with Gasteiger partial charge in [0.2, 0.25) is 0 Å². The van der Waals surface area contributed by atoms with Crippen molar-refractivity contribution in [3.63, 3.8) is 0 Å². The van der Waals surface area contributed by atoms with E-state index in [4.69, 9.17) is 21.1 Å². The maximum Gasteiger partial charge on any atom is 0.198 e. The summed E-state index contributed by atoms with van der Waals surface area (Å²) in [5, 5.41) is 0.532. The summed E-state index contributed by atoms with van der Waals surface area (Å²) in [7, 11) is 3.17. The summed E-state index contributed by atoms with van der Waals surface area (Å²) in [5.74, 6) is 1.17. The number of ketones is 1. The number of carbonyl (C=O) groups excluding carboxylic acids is 1. The van der Waals surface area contributed by atoms with Crippen LogP contribution in [0.3, 0.4) is 0 Å². The molecule has 1 aromatic carbocycles. The number of halogens is 1. The first kappa shape index (κ1) is 15.3. The van der Waals surface area contributed by atoms with Crippen molar-refractivity contribution in [3.05, 3.63) is 28.8 Å². The van der Waals surface area contributed by atoms with E-state index < -0.39 is 5.60 Å². The third-order valence-corrected chi connectivity index (χ3v) is 4.53. The molecule has 1 aromatic rings. The average molecular weight is 297 g/mol. The van der Waals surface area contributed by atoms with Crippen LogP contribution >= 0.6 is 11.6 Å². The molecule has 0 atom stereocenters. The van der Waals surface area contributed by atoms with Gasteiger partial charge in [-0.2, -0.15) is 0 Å². The fourth-order valence-electron chi connectivity index (χ4n) is 2.86. The van der Waals surface area contributed by atoms with Crippen molar-refractivity contribution in [2.45, 2.75) is 38.2 Å². The number of Topliss-reactive ketones (excluding diaryl/α,β-unsaturated/α-hetero) is 1. The maximum atomic E-state index is 12.9. The van der Waals surface area contributed by atoms with Gasteiger partial charge in [0.15, 0.2) is 5.78 Å². The minimum absolute atomic E-state index is 0.0220. The Morgan fingerprint density at radius 1 is 1.30 bits per heavy atom. The highest BCUT2D eigenvalue weighted by Crippen LogP contribution is 2.38. The van der Waals surface area contributed by atoms with Gasteiger partial charge in [-0.15, -0.1) is 0 Å². The van der Waals surface area contributed by atoms with Crippen LogP contribution in [0.25, 0.3) is 0 Å². The summed E-state index contributed by atoms with van der Waals surface area (Å²) in [6, 6.07) is 5.12. The number of carbonyl (C=O) groups is 1. The molecule has 1 saturated carbocycles. The lowest BCUT2D eigenvalue weighted by atomic mass is 9.75. The molecule has 0 heterocycles. The number of hydrogen-bond donors (Lipinski definition) is 0. The van der Waals surface area contributed by atoms with Crippen LogP contribution < -0.4 is 4.74 Å². The van der Waals surface area contributed by atoms with Gasteiger partial charge in [0.25, 0.3) is 0 Å². The number of methoxy groups -OCH3 is 2. The highest BCUT2D eigenvalue weighted by Gasteiger charge is 2.42. The van der Waals surface area contributed by atoms with Crippen molar-refractivity contribution in [2.75, 3.05) is 14.2 Å². The molecule has 0 amide bonds. The summed E-state index contributed by atoms with van der Waals surface area (Å²) < 4.78 is 10.9. The molecule has 0 saturated heterocycles. The van der Waals surface area contributed by atoms with E-state index in [0.717, 1.165) is 25.7 Å². The van der Waals surface area contributed by atoms with E-state index in [1.165, 1.54) is 0 Å². The van der Waals surface area contributed by atoms with Gasteiger partial charge in [0.05, 0.1) is 12.7 Å². The first-order valence-electron chi connectivity index (χ1n) is 6.96. The molecule has 0 aromatic heterocycles. The van der Waals surface area contributed by atoms with Gasteiger partial charge in [0, 0.05) is 12.1 Å². The largest absolute Gasteiger partial charge is 0.496 e. The van der Waals surface area contributed by atoms with Crippen molar-refractivity contribution in [1.82, 2.24) is 0 Å². The van der Waals surface area contributed by atoms with Crippen LogP contribution in [0.2, 0.25) is 5.02 Å². The molecular formula is C16H21ClO3. The summed E-state index contributed by atoms with van der Waals surface area (Å²) in [6.45, 7) is 2.21. The van der Waals surface area contributed by atoms with Crippen LogP contribution in [0, 0.1) is 5.92 Å². The Bertz CT molecular complexity index is 490. The topological polar surface area (TPSA) is 35.5 Å². The van der Waals surface area contributed by atoms with Crippen LogP contribution in [0.4, 0.5) is 0 Å². The molecular weight excluding hydrogens is 276 g/mol. The maximum absolute atomic E-state index is 12.9. The first-order valence-corrected chi connectivity index (χ1v) is 7.33. The van der Waals surface area contributed by atoms with Gasteiger partial charge in [0.1, 0.15) is 11.4 Å². The lowest BCUT2D eigenvalue weighted by Crippen LogP contribution is -2.44. The highest BCUT2D eigenvalue weighted by molar-refractivity contribution is 6.31. The molecule has 0 unspecified atom stereocenters. The molecule has 3 nitrogen and oxygen atoms in total. The third-order valence-electron chi connectivity index (χ3n) is 4.29. The monoisotopic (exact) mass is 296 g/mol. The summed E-state index contributed by atoms with van der Waals surface area (Å²) in [5.41, 5.74) is -0.221. The molecule has 2 rings (SSSR count). The van der Waals surface area contributed by atoms with Crippen molar-refractivity contribution in [3.8, 4) is 5.75 Å². The molecule has 0 radical (unpaired) electrons. The second kappa shape index (κ2) is 6.15. The Labute approximate surface area is 125 Å². The normalized spacial score (nSPS) is 26.3. The van der Waals surface area contributed by atoms with Crippen LogP contribution in [0.5, 0.6) is 5.75 Å².